The fourth-order valence-electron chi connectivity index (χ4n) is 2.48. The van der Waals surface area contributed by atoms with Crippen molar-refractivity contribution in [2.45, 2.75) is 25.8 Å². The lowest BCUT2D eigenvalue weighted by molar-refractivity contribution is 0.635. The van der Waals surface area contributed by atoms with E-state index in [2.05, 4.69) is 60.0 Å². The number of hydrazine groups is 1. The van der Waals surface area contributed by atoms with Crippen LogP contribution in [-0.2, 0) is 0 Å². The molecule has 1 atom stereocenters. The molecule has 0 fully saturated rings. The average molecular weight is 297 g/mol. The normalized spacial score (nSPS) is 13.0. The van der Waals surface area contributed by atoms with Gasteiger partial charge < -0.3 is 0 Å². The molecule has 3 aromatic rings. The lowest BCUT2D eigenvalue weighted by atomic mass is 9.96. The maximum atomic E-state index is 5.78. The fraction of sp³-hybridized carbons (Fsp3) is 0.235. The number of aromatic nitrogens is 1. The van der Waals surface area contributed by atoms with Crippen LogP contribution >= 0.6 is 11.3 Å². The van der Waals surface area contributed by atoms with Gasteiger partial charge in [0, 0.05) is 6.20 Å². The van der Waals surface area contributed by atoms with Gasteiger partial charge in [-0.05, 0) is 40.1 Å². The van der Waals surface area contributed by atoms with Crippen LogP contribution in [0.5, 0.6) is 0 Å². The number of nitrogens with one attached hydrogen (secondary N) is 1. The lowest BCUT2D eigenvalue weighted by Crippen LogP contribution is -2.28. The number of hydrogen-bond acceptors (Lipinski definition) is 4. The molecule has 4 heteroatoms. The highest BCUT2D eigenvalue weighted by Gasteiger charge is 2.14. The summed E-state index contributed by atoms with van der Waals surface area (Å²) in [7, 11) is 0. The molecular formula is C17H19N3S. The Labute approximate surface area is 128 Å². The fourth-order valence-corrected chi connectivity index (χ4v) is 3.27. The molecule has 0 aliphatic rings. The van der Waals surface area contributed by atoms with Gasteiger partial charge in [-0.2, -0.15) is 0 Å². The van der Waals surface area contributed by atoms with E-state index in [-0.39, 0.29) is 6.04 Å². The SMILES string of the molecule is CC(C)c1ccc(C(NN)c2cnc3ccsc3c2)cc1. The Morgan fingerprint density at radius 3 is 2.43 bits per heavy atom. The Bertz CT molecular complexity index is 731. The molecule has 0 aliphatic heterocycles. The average Bonchev–Trinajstić information content (AvgIpc) is 2.96. The third kappa shape index (κ3) is 2.83. The Hall–Kier alpha value is -1.75. The van der Waals surface area contributed by atoms with Gasteiger partial charge in [-0.1, -0.05) is 38.1 Å². The van der Waals surface area contributed by atoms with Gasteiger partial charge in [-0.3, -0.25) is 10.8 Å². The molecule has 108 valence electrons. The zero-order valence-corrected chi connectivity index (χ0v) is 13.0. The summed E-state index contributed by atoms with van der Waals surface area (Å²) in [5, 5.41) is 2.06. The molecule has 0 bridgehead atoms. The molecule has 2 heterocycles. The number of rotatable bonds is 4. The second kappa shape index (κ2) is 5.93. The first-order valence-corrected chi connectivity index (χ1v) is 7.96. The predicted octanol–water partition coefficient (Wildman–Crippen LogP) is 3.97. The van der Waals surface area contributed by atoms with Crippen LogP contribution in [0.25, 0.3) is 10.2 Å². The van der Waals surface area contributed by atoms with Crippen LogP contribution in [0.15, 0.2) is 48.0 Å². The number of hydrogen-bond donors (Lipinski definition) is 2. The second-order valence-corrected chi connectivity index (χ2v) is 6.44. The Balaban J connectivity index is 1.96. The van der Waals surface area contributed by atoms with E-state index >= 15 is 0 Å². The molecule has 0 aliphatic carbocycles. The standard InChI is InChI=1S/C17H19N3S/c1-11(2)12-3-5-13(6-4-12)17(20-18)14-9-16-15(19-10-14)7-8-21-16/h3-11,17,20H,18H2,1-2H3. The summed E-state index contributed by atoms with van der Waals surface area (Å²) >= 11 is 1.70. The smallest absolute Gasteiger partial charge is 0.0809 e. The van der Waals surface area contributed by atoms with Crippen molar-refractivity contribution in [3.05, 3.63) is 64.7 Å². The molecule has 2 aromatic heterocycles. The summed E-state index contributed by atoms with van der Waals surface area (Å²) in [5.41, 5.74) is 7.52. The van der Waals surface area contributed by atoms with Gasteiger partial charge in [0.1, 0.15) is 0 Å². The largest absolute Gasteiger partial charge is 0.271 e. The van der Waals surface area contributed by atoms with Crippen LogP contribution in [0.1, 0.15) is 42.5 Å². The molecule has 1 unspecified atom stereocenters. The van der Waals surface area contributed by atoms with Crippen LogP contribution in [0.3, 0.4) is 0 Å². The summed E-state index contributed by atoms with van der Waals surface area (Å²) in [5.74, 6) is 6.31. The highest BCUT2D eigenvalue weighted by atomic mass is 32.1. The Morgan fingerprint density at radius 2 is 1.76 bits per heavy atom. The highest BCUT2D eigenvalue weighted by molar-refractivity contribution is 7.17. The number of pyridine rings is 1. The first kappa shape index (κ1) is 14.2. The van der Waals surface area contributed by atoms with E-state index in [0.29, 0.717) is 5.92 Å². The third-order valence-electron chi connectivity index (χ3n) is 3.76. The van der Waals surface area contributed by atoms with Crippen molar-refractivity contribution < 1.29 is 0 Å². The number of nitrogens with two attached hydrogens (primary N) is 1. The van der Waals surface area contributed by atoms with E-state index in [0.717, 1.165) is 16.6 Å². The van der Waals surface area contributed by atoms with E-state index in [4.69, 9.17) is 5.84 Å². The zero-order chi connectivity index (χ0) is 14.8. The third-order valence-corrected chi connectivity index (χ3v) is 4.61. The van der Waals surface area contributed by atoms with Crippen molar-refractivity contribution in [1.29, 1.82) is 0 Å². The first-order valence-electron chi connectivity index (χ1n) is 7.08. The van der Waals surface area contributed by atoms with Gasteiger partial charge in [0.2, 0.25) is 0 Å². The molecule has 0 spiro atoms. The number of nitrogens with zero attached hydrogens (tertiary/aromatic N) is 1. The minimum absolute atomic E-state index is 0.0368. The summed E-state index contributed by atoms with van der Waals surface area (Å²) in [6.45, 7) is 4.39. The van der Waals surface area contributed by atoms with Crippen molar-refractivity contribution in [3.8, 4) is 0 Å². The topological polar surface area (TPSA) is 50.9 Å². The van der Waals surface area contributed by atoms with Crippen molar-refractivity contribution in [2.24, 2.45) is 5.84 Å². The van der Waals surface area contributed by atoms with Crippen LogP contribution in [-0.4, -0.2) is 4.98 Å². The second-order valence-electron chi connectivity index (χ2n) is 5.49. The maximum absolute atomic E-state index is 5.78. The monoisotopic (exact) mass is 297 g/mol. The van der Waals surface area contributed by atoms with E-state index < -0.39 is 0 Å². The highest BCUT2D eigenvalue weighted by Crippen LogP contribution is 2.27. The number of benzene rings is 1. The summed E-state index contributed by atoms with van der Waals surface area (Å²) < 4.78 is 1.19. The van der Waals surface area contributed by atoms with E-state index in [1.807, 2.05) is 12.3 Å². The minimum Gasteiger partial charge on any atom is -0.271 e. The van der Waals surface area contributed by atoms with Crippen LogP contribution in [0, 0.1) is 0 Å². The molecule has 3 nitrogen and oxygen atoms in total. The van der Waals surface area contributed by atoms with Crippen molar-refractivity contribution >= 4 is 21.6 Å². The maximum Gasteiger partial charge on any atom is 0.0809 e. The van der Waals surface area contributed by atoms with Crippen molar-refractivity contribution in [3.63, 3.8) is 0 Å². The predicted molar refractivity (Wildman–Crippen MR) is 89.3 cm³/mol. The van der Waals surface area contributed by atoms with Gasteiger partial charge >= 0.3 is 0 Å². The van der Waals surface area contributed by atoms with Gasteiger partial charge in [0.05, 0.1) is 16.3 Å². The Morgan fingerprint density at radius 1 is 1.05 bits per heavy atom. The van der Waals surface area contributed by atoms with Gasteiger partial charge in [0.15, 0.2) is 0 Å². The number of fused-ring (bicyclic) bond motifs is 1. The molecule has 0 radical (unpaired) electrons. The van der Waals surface area contributed by atoms with Gasteiger partial charge in [-0.15, -0.1) is 11.3 Å². The summed E-state index contributed by atoms with van der Waals surface area (Å²) in [6.07, 6.45) is 1.90. The van der Waals surface area contributed by atoms with Crippen LogP contribution in [0.2, 0.25) is 0 Å². The summed E-state index contributed by atoms with van der Waals surface area (Å²) in [4.78, 5) is 4.50. The molecule has 0 saturated carbocycles. The van der Waals surface area contributed by atoms with Crippen LogP contribution in [0.4, 0.5) is 0 Å². The molecule has 21 heavy (non-hydrogen) atoms. The molecule has 1 aromatic carbocycles. The van der Waals surface area contributed by atoms with Crippen LogP contribution < -0.4 is 11.3 Å². The molecule has 3 N–H and O–H groups in total. The van der Waals surface area contributed by atoms with Gasteiger partial charge in [-0.25, -0.2) is 5.43 Å². The van der Waals surface area contributed by atoms with E-state index in [9.17, 15) is 0 Å². The van der Waals surface area contributed by atoms with E-state index in [1.54, 1.807) is 11.3 Å². The molecule has 3 rings (SSSR count). The first-order chi connectivity index (χ1) is 10.2. The molecular weight excluding hydrogens is 278 g/mol. The Kier molecular flexibility index (Phi) is 4.01. The zero-order valence-electron chi connectivity index (χ0n) is 12.2. The quantitative estimate of drug-likeness (QED) is 0.566. The number of thiophene rings is 1. The minimum atomic E-state index is -0.0368. The van der Waals surface area contributed by atoms with Crippen molar-refractivity contribution in [1.82, 2.24) is 10.4 Å². The van der Waals surface area contributed by atoms with Gasteiger partial charge in [0.25, 0.3) is 0 Å². The lowest BCUT2D eigenvalue weighted by Gasteiger charge is -2.17. The van der Waals surface area contributed by atoms with E-state index in [1.165, 1.54) is 10.3 Å². The van der Waals surface area contributed by atoms with Crippen molar-refractivity contribution in [2.75, 3.05) is 0 Å². The molecule has 0 amide bonds. The summed E-state index contributed by atoms with van der Waals surface area (Å²) in [6, 6.07) is 12.8. The molecule has 0 saturated heterocycles.